The van der Waals surface area contributed by atoms with E-state index < -0.39 is 9.84 Å². The SMILES string of the molecule is CC(C)(C)NC(=O)CCS(=O)(=O)c1ccc(Br)cc1. The van der Waals surface area contributed by atoms with E-state index in [4.69, 9.17) is 0 Å². The van der Waals surface area contributed by atoms with Gasteiger partial charge in [-0.15, -0.1) is 0 Å². The van der Waals surface area contributed by atoms with Crippen LogP contribution in [0.3, 0.4) is 0 Å². The Morgan fingerprint density at radius 3 is 2.21 bits per heavy atom. The van der Waals surface area contributed by atoms with E-state index in [1.54, 1.807) is 12.1 Å². The molecule has 1 amide bonds. The molecule has 1 aromatic carbocycles. The molecule has 0 saturated heterocycles. The Morgan fingerprint density at radius 2 is 1.74 bits per heavy atom. The van der Waals surface area contributed by atoms with Crippen LogP contribution in [0, 0.1) is 0 Å². The lowest BCUT2D eigenvalue weighted by Crippen LogP contribution is -2.41. The Bertz CT molecular complexity index is 544. The van der Waals surface area contributed by atoms with Crippen LogP contribution in [0.25, 0.3) is 0 Å². The van der Waals surface area contributed by atoms with Crippen molar-refractivity contribution in [1.82, 2.24) is 5.32 Å². The highest BCUT2D eigenvalue weighted by Crippen LogP contribution is 2.16. The van der Waals surface area contributed by atoms with E-state index in [1.165, 1.54) is 12.1 Å². The minimum atomic E-state index is -3.41. The van der Waals surface area contributed by atoms with Crippen molar-refractivity contribution in [2.24, 2.45) is 0 Å². The molecule has 0 unspecified atom stereocenters. The van der Waals surface area contributed by atoms with Crippen LogP contribution >= 0.6 is 15.9 Å². The smallest absolute Gasteiger partial charge is 0.221 e. The Morgan fingerprint density at radius 1 is 1.21 bits per heavy atom. The lowest BCUT2D eigenvalue weighted by molar-refractivity contribution is -0.122. The van der Waals surface area contributed by atoms with Crippen molar-refractivity contribution in [1.29, 1.82) is 0 Å². The summed E-state index contributed by atoms with van der Waals surface area (Å²) in [5.41, 5.74) is -0.349. The second-order valence-corrected chi connectivity index (χ2v) is 8.35. The molecule has 0 aliphatic heterocycles. The predicted molar refractivity (Wildman–Crippen MR) is 78.7 cm³/mol. The fraction of sp³-hybridized carbons (Fsp3) is 0.462. The van der Waals surface area contributed by atoms with Crippen molar-refractivity contribution in [2.75, 3.05) is 5.75 Å². The summed E-state index contributed by atoms with van der Waals surface area (Å²) in [4.78, 5) is 11.8. The number of rotatable bonds is 4. The first kappa shape index (κ1) is 16.2. The molecule has 0 aliphatic carbocycles. The van der Waals surface area contributed by atoms with Gasteiger partial charge in [0.05, 0.1) is 10.6 Å². The second kappa shape index (κ2) is 6.05. The summed E-state index contributed by atoms with van der Waals surface area (Å²) in [6.45, 7) is 5.57. The highest BCUT2D eigenvalue weighted by Gasteiger charge is 2.19. The maximum atomic E-state index is 12.0. The molecule has 1 aromatic rings. The molecule has 1 N–H and O–H groups in total. The molecule has 1 rings (SSSR count). The van der Waals surface area contributed by atoms with Crippen LogP contribution in [0.4, 0.5) is 0 Å². The lowest BCUT2D eigenvalue weighted by Gasteiger charge is -2.20. The number of hydrogen-bond donors (Lipinski definition) is 1. The molecule has 4 nitrogen and oxygen atoms in total. The van der Waals surface area contributed by atoms with Crippen molar-refractivity contribution in [3.05, 3.63) is 28.7 Å². The zero-order valence-corrected chi connectivity index (χ0v) is 13.6. The molecule has 0 fully saturated rings. The molecule has 0 bridgehead atoms. The topological polar surface area (TPSA) is 63.2 Å². The van der Waals surface area contributed by atoms with Crippen LogP contribution in [-0.2, 0) is 14.6 Å². The van der Waals surface area contributed by atoms with Crippen LogP contribution in [0.2, 0.25) is 0 Å². The first-order chi connectivity index (χ1) is 8.60. The van der Waals surface area contributed by atoms with Crippen molar-refractivity contribution < 1.29 is 13.2 Å². The molecular formula is C13H18BrNO3S. The van der Waals surface area contributed by atoms with E-state index in [-0.39, 0.29) is 28.5 Å². The molecule has 19 heavy (non-hydrogen) atoms. The number of carbonyl (C=O) groups excluding carboxylic acids is 1. The van der Waals surface area contributed by atoms with E-state index in [0.717, 1.165) is 4.47 Å². The minimum Gasteiger partial charge on any atom is -0.351 e. The highest BCUT2D eigenvalue weighted by atomic mass is 79.9. The number of sulfone groups is 1. The number of hydrogen-bond acceptors (Lipinski definition) is 3. The molecule has 6 heteroatoms. The van der Waals surface area contributed by atoms with E-state index >= 15 is 0 Å². The fourth-order valence-electron chi connectivity index (χ4n) is 1.47. The van der Waals surface area contributed by atoms with Gasteiger partial charge in [-0.25, -0.2) is 8.42 Å². The molecule has 0 spiro atoms. The molecule has 0 atom stereocenters. The number of nitrogens with one attached hydrogen (secondary N) is 1. The zero-order valence-electron chi connectivity index (χ0n) is 11.2. The Balaban J connectivity index is 2.66. The molecule has 0 saturated carbocycles. The zero-order chi connectivity index (χ0) is 14.7. The lowest BCUT2D eigenvalue weighted by atomic mass is 10.1. The summed E-state index contributed by atoms with van der Waals surface area (Å²) in [6.07, 6.45) is -0.0321. The van der Waals surface area contributed by atoms with Gasteiger partial charge in [0, 0.05) is 16.4 Å². The third-order valence-electron chi connectivity index (χ3n) is 2.29. The van der Waals surface area contributed by atoms with Gasteiger partial charge in [0.1, 0.15) is 0 Å². The van der Waals surface area contributed by atoms with Gasteiger partial charge in [-0.2, -0.15) is 0 Å². The molecule has 106 valence electrons. The first-order valence-corrected chi connectivity index (χ1v) is 8.34. The van der Waals surface area contributed by atoms with Gasteiger partial charge in [-0.1, -0.05) is 15.9 Å². The number of benzene rings is 1. The van der Waals surface area contributed by atoms with Gasteiger partial charge in [0.25, 0.3) is 0 Å². The number of amides is 1. The quantitative estimate of drug-likeness (QED) is 0.910. The van der Waals surface area contributed by atoms with E-state index in [0.29, 0.717) is 0 Å². The Hall–Kier alpha value is -0.880. The van der Waals surface area contributed by atoms with Crippen molar-refractivity contribution >= 4 is 31.7 Å². The van der Waals surface area contributed by atoms with Gasteiger partial charge in [0.2, 0.25) is 5.91 Å². The number of halogens is 1. The summed E-state index contributed by atoms with van der Waals surface area (Å²) in [6, 6.07) is 6.40. The van der Waals surface area contributed by atoms with Gasteiger partial charge >= 0.3 is 0 Å². The van der Waals surface area contributed by atoms with E-state index in [1.807, 2.05) is 20.8 Å². The summed E-state index contributed by atoms with van der Waals surface area (Å²) >= 11 is 3.25. The van der Waals surface area contributed by atoms with Crippen LogP contribution in [0.5, 0.6) is 0 Å². The Kier molecular flexibility index (Phi) is 5.15. The first-order valence-electron chi connectivity index (χ1n) is 5.89. The van der Waals surface area contributed by atoms with E-state index in [9.17, 15) is 13.2 Å². The maximum absolute atomic E-state index is 12.0. The normalized spacial score (nSPS) is 12.2. The van der Waals surface area contributed by atoms with Crippen molar-refractivity contribution in [2.45, 2.75) is 37.6 Å². The van der Waals surface area contributed by atoms with Crippen LogP contribution in [0.15, 0.2) is 33.6 Å². The highest BCUT2D eigenvalue weighted by molar-refractivity contribution is 9.10. The summed E-state index contributed by atoms with van der Waals surface area (Å²) in [5, 5.41) is 2.74. The average molecular weight is 348 g/mol. The summed E-state index contributed by atoms with van der Waals surface area (Å²) in [7, 11) is -3.41. The summed E-state index contributed by atoms with van der Waals surface area (Å²) in [5.74, 6) is -0.440. The van der Waals surface area contributed by atoms with Gasteiger partial charge in [-0.05, 0) is 45.0 Å². The molecular weight excluding hydrogens is 330 g/mol. The van der Waals surface area contributed by atoms with Crippen molar-refractivity contribution in [3.63, 3.8) is 0 Å². The number of carbonyl (C=O) groups is 1. The fourth-order valence-corrected chi connectivity index (χ4v) is 2.97. The van der Waals surface area contributed by atoms with E-state index in [2.05, 4.69) is 21.2 Å². The van der Waals surface area contributed by atoms with Crippen LogP contribution < -0.4 is 5.32 Å². The van der Waals surface area contributed by atoms with Crippen LogP contribution in [0.1, 0.15) is 27.2 Å². The van der Waals surface area contributed by atoms with Gasteiger partial charge in [0.15, 0.2) is 9.84 Å². The van der Waals surface area contributed by atoms with Gasteiger partial charge < -0.3 is 5.32 Å². The largest absolute Gasteiger partial charge is 0.351 e. The molecule has 0 aromatic heterocycles. The second-order valence-electron chi connectivity index (χ2n) is 5.32. The molecule has 0 radical (unpaired) electrons. The Labute approximate surface area is 122 Å². The summed E-state index contributed by atoms with van der Waals surface area (Å²) < 4.78 is 24.9. The van der Waals surface area contributed by atoms with Crippen molar-refractivity contribution in [3.8, 4) is 0 Å². The monoisotopic (exact) mass is 347 g/mol. The standard InChI is InChI=1S/C13H18BrNO3S/c1-13(2,3)15-12(16)8-9-19(17,18)11-6-4-10(14)5-7-11/h4-7H,8-9H2,1-3H3,(H,15,16). The third-order valence-corrected chi connectivity index (χ3v) is 4.55. The average Bonchev–Trinajstić information content (AvgIpc) is 2.25. The molecule has 0 aliphatic rings. The minimum absolute atomic E-state index is 0.0321. The maximum Gasteiger partial charge on any atom is 0.221 e. The molecule has 0 heterocycles. The third kappa shape index (κ3) is 5.74. The van der Waals surface area contributed by atoms with Crippen LogP contribution in [-0.4, -0.2) is 25.6 Å². The predicted octanol–water partition coefficient (Wildman–Crippen LogP) is 2.53. The van der Waals surface area contributed by atoms with Gasteiger partial charge in [-0.3, -0.25) is 4.79 Å².